The lowest BCUT2D eigenvalue weighted by atomic mass is 9.93. The Bertz CT molecular complexity index is 496. The number of carbonyl (C=O) groups excluding carboxylic acids is 1. The van der Waals surface area contributed by atoms with Crippen LogP contribution in [0.2, 0.25) is 0 Å². The van der Waals surface area contributed by atoms with Crippen LogP contribution in [0.4, 0.5) is 4.79 Å². The van der Waals surface area contributed by atoms with Gasteiger partial charge in [-0.15, -0.1) is 0 Å². The molecule has 2 amide bonds. The van der Waals surface area contributed by atoms with Crippen LogP contribution in [0.3, 0.4) is 0 Å². The molecule has 120 valence electrons. The van der Waals surface area contributed by atoms with Gasteiger partial charge < -0.3 is 20.5 Å². The fraction of sp³-hybridized carbons (Fsp3) is 0.471. The van der Waals surface area contributed by atoms with Gasteiger partial charge in [0.25, 0.3) is 0 Å². The van der Waals surface area contributed by atoms with Crippen LogP contribution in [0.15, 0.2) is 36.9 Å². The molecule has 3 N–H and O–H groups in total. The van der Waals surface area contributed by atoms with E-state index in [1.54, 1.807) is 6.08 Å². The topological polar surface area (TPSA) is 70.6 Å². The molecule has 1 aromatic rings. The van der Waals surface area contributed by atoms with E-state index in [-0.39, 0.29) is 18.2 Å². The summed E-state index contributed by atoms with van der Waals surface area (Å²) in [5.74, 6) is 0.753. The molecule has 1 aliphatic rings. The summed E-state index contributed by atoms with van der Waals surface area (Å²) < 4.78 is 5.56. The monoisotopic (exact) mass is 304 g/mol. The Labute approximate surface area is 131 Å². The number of amides is 2. The number of aliphatic hydroxyl groups is 1. The van der Waals surface area contributed by atoms with Crippen molar-refractivity contribution in [2.24, 2.45) is 0 Å². The van der Waals surface area contributed by atoms with E-state index < -0.39 is 0 Å². The Morgan fingerprint density at radius 2 is 2.05 bits per heavy atom. The van der Waals surface area contributed by atoms with Gasteiger partial charge in [0.1, 0.15) is 12.4 Å². The fourth-order valence-electron chi connectivity index (χ4n) is 2.57. The van der Waals surface area contributed by atoms with Crippen molar-refractivity contribution in [1.29, 1.82) is 0 Å². The first-order valence-corrected chi connectivity index (χ1v) is 7.73. The maximum Gasteiger partial charge on any atom is 0.315 e. The molecule has 0 unspecified atom stereocenters. The minimum absolute atomic E-state index is 0.149. The number of urea groups is 1. The standard InChI is InChI=1S/C17H24N2O3/c1-2-11-22-16-6-4-3-5-13(16)12-18-17(21)19-14-7-9-15(20)10-8-14/h2-6,14-15,20H,1,7-12H2,(H2,18,19,21). The highest BCUT2D eigenvalue weighted by Crippen LogP contribution is 2.19. The van der Waals surface area contributed by atoms with E-state index in [0.717, 1.165) is 37.0 Å². The highest BCUT2D eigenvalue weighted by Gasteiger charge is 2.20. The summed E-state index contributed by atoms with van der Waals surface area (Å²) in [4.78, 5) is 11.9. The van der Waals surface area contributed by atoms with Gasteiger partial charge in [0.15, 0.2) is 0 Å². The average Bonchev–Trinajstić information content (AvgIpc) is 2.54. The highest BCUT2D eigenvalue weighted by atomic mass is 16.5. The maximum absolute atomic E-state index is 11.9. The minimum atomic E-state index is -0.213. The molecule has 5 heteroatoms. The van der Waals surface area contributed by atoms with E-state index in [0.29, 0.717) is 13.2 Å². The quantitative estimate of drug-likeness (QED) is 0.707. The van der Waals surface area contributed by atoms with Crippen LogP contribution in [0.5, 0.6) is 5.75 Å². The molecule has 0 radical (unpaired) electrons. The van der Waals surface area contributed by atoms with Crippen molar-refractivity contribution in [3.8, 4) is 5.75 Å². The molecular formula is C17H24N2O3. The Kier molecular flexibility index (Phi) is 6.27. The van der Waals surface area contributed by atoms with Gasteiger partial charge >= 0.3 is 6.03 Å². The zero-order valence-electron chi connectivity index (χ0n) is 12.8. The summed E-state index contributed by atoms with van der Waals surface area (Å²) >= 11 is 0. The summed E-state index contributed by atoms with van der Waals surface area (Å²) in [6, 6.07) is 7.58. The van der Waals surface area contributed by atoms with Crippen molar-refractivity contribution < 1.29 is 14.6 Å². The van der Waals surface area contributed by atoms with Gasteiger partial charge in [-0.05, 0) is 31.7 Å². The number of carbonyl (C=O) groups is 1. The van der Waals surface area contributed by atoms with Crippen molar-refractivity contribution in [3.63, 3.8) is 0 Å². The molecule has 2 rings (SSSR count). The van der Waals surface area contributed by atoms with Gasteiger partial charge in [0.2, 0.25) is 0 Å². The first-order chi connectivity index (χ1) is 10.7. The van der Waals surface area contributed by atoms with Crippen LogP contribution in [0, 0.1) is 0 Å². The Balaban J connectivity index is 1.79. The van der Waals surface area contributed by atoms with E-state index in [1.807, 2.05) is 24.3 Å². The lowest BCUT2D eigenvalue weighted by Gasteiger charge is -2.26. The molecule has 1 saturated carbocycles. The van der Waals surface area contributed by atoms with Crippen LogP contribution in [-0.4, -0.2) is 29.9 Å². The second-order valence-electron chi connectivity index (χ2n) is 5.54. The summed E-state index contributed by atoms with van der Waals surface area (Å²) in [5.41, 5.74) is 0.929. The van der Waals surface area contributed by atoms with E-state index in [2.05, 4.69) is 17.2 Å². The van der Waals surface area contributed by atoms with Gasteiger partial charge in [-0.2, -0.15) is 0 Å². The normalized spacial score (nSPS) is 21.0. The molecule has 0 aliphatic heterocycles. The fourth-order valence-corrected chi connectivity index (χ4v) is 2.57. The predicted molar refractivity (Wildman–Crippen MR) is 85.8 cm³/mol. The molecule has 0 bridgehead atoms. The highest BCUT2D eigenvalue weighted by molar-refractivity contribution is 5.74. The molecular weight excluding hydrogens is 280 g/mol. The number of aliphatic hydroxyl groups excluding tert-OH is 1. The van der Waals surface area contributed by atoms with E-state index >= 15 is 0 Å². The van der Waals surface area contributed by atoms with Crippen molar-refractivity contribution in [1.82, 2.24) is 10.6 Å². The zero-order valence-corrected chi connectivity index (χ0v) is 12.8. The second-order valence-corrected chi connectivity index (χ2v) is 5.54. The summed E-state index contributed by atoms with van der Waals surface area (Å²) in [6.07, 6.45) is 4.64. The lowest BCUT2D eigenvalue weighted by molar-refractivity contribution is 0.117. The first kappa shape index (κ1) is 16.4. The number of benzene rings is 1. The molecule has 1 fully saturated rings. The van der Waals surface area contributed by atoms with Gasteiger partial charge in [-0.25, -0.2) is 4.79 Å². The number of hydrogen-bond acceptors (Lipinski definition) is 3. The first-order valence-electron chi connectivity index (χ1n) is 7.73. The van der Waals surface area contributed by atoms with Crippen molar-refractivity contribution in [2.45, 2.75) is 44.4 Å². The van der Waals surface area contributed by atoms with Crippen LogP contribution in [-0.2, 0) is 6.54 Å². The smallest absolute Gasteiger partial charge is 0.315 e. The molecule has 1 aliphatic carbocycles. The summed E-state index contributed by atoms with van der Waals surface area (Å²) in [6.45, 7) is 4.48. The molecule has 1 aromatic carbocycles. The number of hydrogen-bond donors (Lipinski definition) is 3. The van der Waals surface area contributed by atoms with Crippen molar-refractivity contribution >= 4 is 6.03 Å². The summed E-state index contributed by atoms with van der Waals surface area (Å²) in [5, 5.41) is 15.3. The number of ether oxygens (including phenoxy) is 1. The van der Waals surface area contributed by atoms with E-state index in [1.165, 1.54) is 0 Å². The van der Waals surface area contributed by atoms with Gasteiger partial charge in [0.05, 0.1) is 6.10 Å². The number of nitrogens with one attached hydrogen (secondary N) is 2. The largest absolute Gasteiger partial charge is 0.489 e. The van der Waals surface area contributed by atoms with Gasteiger partial charge in [-0.3, -0.25) is 0 Å². The third-order valence-corrected chi connectivity index (χ3v) is 3.80. The SMILES string of the molecule is C=CCOc1ccccc1CNC(=O)NC1CCC(O)CC1. The molecule has 0 saturated heterocycles. The number of para-hydroxylation sites is 1. The summed E-state index contributed by atoms with van der Waals surface area (Å²) in [7, 11) is 0. The van der Waals surface area contributed by atoms with Gasteiger partial charge in [0, 0.05) is 18.2 Å². The molecule has 0 heterocycles. The molecule has 0 aromatic heterocycles. The van der Waals surface area contributed by atoms with E-state index in [4.69, 9.17) is 4.74 Å². The van der Waals surface area contributed by atoms with Crippen LogP contribution in [0.1, 0.15) is 31.2 Å². The third kappa shape index (κ3) is 5.07. The minimum Gasteiger partial charge on any atom is -0.489 e. The Morgan fingerprint density at radius 1 is 1.32 bits per heavy atom. The lowest BCUT2D eigenvalue weighted by Crippen LogP contribution is -2.43. The van der Waals surface area contributed by atoms with Crippen molar-refractivity contribution in [2.75, 3.05) is 6.61 Å². The van der Waals surface area contributed by atoms with Crippen LogP contribution >= 0.6 is 0 Å². The second kappa shape index (κ2) is 8.44. The van der Waals surface area contributed by atoms with E-state index in [9.17, 15) is 9.90 Å². The van der Waals surface area contributed by atoms with Crippen LogP contribution in [0.25, 0.3) is 0 Å². The predicted octanol–water partition coefficient (Wildman–Crippen LogP) is 2.35. The average molecular weight is 304 g/mol. The van der Waals surface area contributed by atoms with Gasteiger partial charge in [-0.1, -0.05) is 30.9 Å². The molecule has 0 spiro atoms. The third-order valence-electron chi connectivity index (χ3n) is 3.80. The number of rotatable bonds is 6. The Morgan fingerprint density at radius 3 is 2.77 bits per heavy atom. The maximum atomic E-state index is 11.9. The molecule has 22 heavy (non-hydrogen) atoms. The molecule has 0 atom stereocenters. The van der Waals surface area contributed by atoms with Crippen molar-refractivity contribution in [3.05, 3.63) is 42.5 Å². The molecule has 5 nitrogen and oxygen atoms in total. The Hall–Kier alpha value is -2.01. The zero-order chi connectivity index (χ0) is 15.8. The van der Waals surface area contributed by atoms with Crippen LogP contribution < -0.4 is 15.4 Å².